The molecule has 1 aliphatic carbocycles. The number of primary amides is 1. The molecule has 172 valence electrons. The van der Waals surface area contributed by atoms with E-state index in [9.17, 15) is 14.4 Å². The van der Waals surface area contributed by atoms with Crippen LogP contribution in [0.25, 0.3) is 0 Å². The zero-order chi connectivity index (χ0) is 23.4. The molecule has 0 radical (unpaired) electrons. The van der Waals surface area contributed by atoms with Crippen LogP contribution in [0, 0.1) is 6.92 Å². The number of nitrogens with one attached hydrogen (secondary N) is 4. The summed E-state index contributed by atoms with van der Waals surface area (Å²) in [7, 11) is 0. The van der Waals surface area contributed by atoms with Crippen molar-refractivity contribution < 1.29 is 9.59 Å². The fraction of sp³-hybridized carbons (Fsp3) is 0.455. The van der Waals surface area contributed by atoms with Gasteiger partial charge in [-0.3, -0.25) is 19.4 Å². The zero-order valence-electron chi connectivity index (χ0n) is 18.6. The lowest BCUT2D eigenvalue weighted by atomic mass is 9.91. The minimum Gasteiger partial charge on any atom is -0.365 e. The summed E-state index contributed by atoms with van der Waals surface area (Å²) in [4.78, 5) is 44.0. The van der Waals surface area contributed by atoms with E-state index in [0.717, 1.165) is 31.2 Å². The highest BCUT2D eigenvalue weighted by Gasteiger charge is 2.24. The van der Waals surface area contributed by atoms with Crippen molar-refractivity contribution >= 4 is 29.3 Å². The number of carbonyl (C=O) groups is 2. The van der Waals surface area contributed by atoms with Crippen LogP contribution in [0.5, 0.6) is 0 Å². The summed E-state index contributed by atoms with van der Waals surface area (Å²) < 4.78 is 0. The number of rotatable bonds is 7. The Kier molecular flexibility index (Phi) is 7.14. The zero-order valence-corrected chi connectivity index (χ0v) is 18.6. The quantitative estimate of drug-likeness (QED) is 0.380. The Labute approximate surface area is 186 Å². The van der Waals surface area contributed by atoms with Crippen LogP contribution in [0.15, 0.2) is 23.0 Å². The van der Waals surface area contributed by atoms with Gasteiger partial charge in [-0.25, -0.2) is 0 Å². The summed E-state index contributed by atoms with van der Waals surface area (Å²) in [6.45, 7) is 5.58. The average molecular weight is 442 g/mol. The lowest BCUT2D eigenvalue weighted by Crippen LogP contribution is -2.43. The summed E-state index contributed by atoms with van der Waals surface area (Å²) in [5, 5.41) is 9.03. The summed E-state index contributed by atoms with van der Waals surface area (Å²) in [6, 6.07) is 5.01. The number of aryl methyl sites for hydroxylation is 1. The number of H-pyrrole nitrogens is 1. The van der Waals surface area contributed by atoms with Gasteiger partial charge in [0.15, 0.2) is 5.82 Å². The van der Waals surface area contributed by atoms with Gasteiger partial charge in [-0.05, 0) is 51.3 Å². The standard InChI is InChI=1S/C22H31N7O3/c1-11(2)25-20(31)13-9-8-12(3)16(10-13)26-19-17(18(24)30)21(32)29-22(28-19)27-15-7-5-4-6-14(15)23/h8-11,14-15H,4-7,23H2,1-3H3,(H2,24,30)(H,25,31)(H3,26,27,28,29,32)/t14-,15-/m0/s1. The number of anilines is 3. The van der Waals surface area contributed by atoms with Crippen LogP contribution in [0.3, 0.4) is 0 Å². The van der Waals surface area contributed by atoms with Gasteiger partial charge >= 0.3 is 0 Å². The summed E-state index contributed by atoms with van der Waals surface area (Å²) in [5.74, 6) is -0.923. The molecule has 2 atom stereocenters. The van der Waals surface area contributed by atoms with Gasteiger partial charge in [0.2, 0.25) is 5.95 Å². The van der Waals surface area contributed by atoms with E-state index in [-0.39, 0.29) is 41.4 Å². The van der Waals surface area contributed by atoms with Crippen molar-refractivity contribution in [2.45, 2.75) is 64.6 Å². The molecule has 3 rings (SSSR count). The number of amides is 2. The summed E-state index contributed by atoms with van der Waals surface area (Å²) >= 11 is 0. The molecule has 32 heavy (non-hydrogen) atoms. The second-order valence-corrected chi connectivity index (χ2v) is 8.48. The predicted molar refractivity (Wildman–Crippen MR) is 124 cm³/mol. The second kappa shape index (κ2) is 9.82. The molecule has 10 nitrogen and oxygen atoms in total. The Morgan fingerprint density at radius 3 is 2.59 bits per heavy atom. The maximum atomic E-state index is 12.6. The van der Waals surface area contributed by atoms with Gasteiger partial charge < -0.3 is 27.4 Å². The summed E-state index contributed by atoms with van der Waals surface area (Å²) in [6.07, 6.45) is 3.84. The maximum Gasteiger partial charge on any atom is 0.267 e. The molecule has 0 spiro atoms. The van der Waals surface area contributed by atoms with Crippen molar-refractivity contribution in [1.29, 1.82) is 0 Å². The molecule has 2 aromatic rings. The molecule has 1 heterocycles. The molecule has 2 amide bonds. The SMILES string of the molecule is Cc1ccc(C(=O)NC(C)C)cc1Nc1nc(N[C@H]2CCCC[C@@H]2N)[nH]c(=O)c1C(N)=O. The van der Waals surface area contributed by atoms with Crippen molar-refractivity contribution in [3.8, 4) is 0 Å². The van der Waals surface area contributed by atoms with Crippen LogP contribution in [0.4, 0.5) is 17.5 Å². The molecule has 1 aromatic heterocycles. The van der Waals surface area contributed by atoms with E-state index in [1.807, 2.05) is 20.8 Å². The molecule has 0 saturated heterocycles. The van der Waals surface area contributed by atoms with Crippen LogP contribution in [-0.2, 0) is 0 Å². The Morgan fingerprint density at radius 1 is 1.22 bits per heavy atom. The first-order valence-electron chi connectivity index (χ1n) is 10.8. The fourth-order valence-corrected chi connectivity index (χ4v) is 3.75. The van der Waals surface area contributed by atoms with Crippen molar-refractivity contribution in [2.75, 3.05) is 10.6 Å². The third kappa shape index (κ3) is 5.44. The van der Waals surface area contributed by atoms with Gasteiger partial charge in [-0.1, -0.05) is 18.9 Å². The van der Waals surface area contributed by atoms with E-state index in [2.05, 4.69) is 25.9 Å². The van der Waals surface area contributed by atoms with Gasteiger partial charge in [-0.15, -0.1) is 0 Å². The molecule has 0 bridgehead atoms. The highest BCUT2D eigenvalue weighted by Crippen LogP contribution is 2.24. The largest absolute Gasteiger partial charge is 0.365 e. The number of aromatic amines is 1. The molecule has 0 aliphatic heterocycles. The fourth-order valence-electron chi connectivity index (χ4n) is 3.75. The Morgan fingerprint density at radius 2 is 1.94 bits per heavy atom. The first kappa shape index (κ1) is 23.3. The molecule has 1 saturated carbocycles. The second-order valence-electron chi connectivity index (χ2n) is 8.48. The number of nitrogens with two attached hydrogens (primary N) is 2. The number of nitrogens with zero attached hydrogens (tertiary/aromatic N) is 1. The average Bonchev–Trinajstić information content (AvgIpc) is 2.70. The molecule has 1 fully saturated rings. The molecule has 8 N–H and O–H groups in total. The predicted octanol–water partition coefficient (Wildman–Crippen LogP) is 1.74. The third-order valence-electron chi connectivity index (χ3n) is 5.48. The van der Waals surface area contributed by atoms with E-state index in [1.165, 1.54) is 0 Å². The third-order valence-corrected chi connectivity index (χ3v) is 5.48. The number of benzene rings is 1. The normalized spacial score (nSPS) is 18.3. The first-order chi connectivity index (χ1) is 15.2. The van der Waals surface area contributed by atoms with Crippen LogP contribution >= 0.6 is 0 Å². The minimum absolute atomic E-state index is 0.0117. The minimum atomic E-state index is -0.909. The first-order valence-corrected chi connectivity index (χ1v) is 10.8. The van der Waals surface area contributed by atoms with E-state index < -0.39 is 11.5 Å². The van der Waals surface area contributed by atoms with Gasteiger partial charge in [0, 0.05) is 29.4 Å². The Bertz CT molecular complexity index is 1060. The van der Waals surface area contributed by atoms with E-state index >= 15 is 0 Å². The van der Waals surface area contributed by atoms with Crippen molar-refractivity contribution in [2.24, 2.45) is 11.5 Å². The van der Waals surface area contributed by atoms with Crippen LogP contribution in [-0.4, -0.2) is 39.9 Å². The Hall–Kier alpha value is -3.40. The lowest BCUT2D eigenvalue weighted by molar-refractivity contribution is 0.0942. The van der Waals surface area contributed by atoms with Gasteiger partial charge in [0.05, 0.1) is 0 Å². The highest BCUT2D eigenvalue weighted by atomic mass is 16.2. The van der Waals surface area contributed by atoms with Crippen molar-refractivity contribution in [3.63, 3.8) is 0 Å². The summed E-state index contributed by atoms with van der Waals surface area (Å²) in [5.41, 5.74) is 12.5. The number of hydrogen-bond acceptors (Lipinski definition) is 7. The topological polar surface area (TPSA) is 168 Å². The number of hydrogen-bond donors (Lipinski definition) is 6. The van der Waals surface area contributed by atoms with Crippen LogP contribution in [0.2, 0.25) is 0 Å². The number of carbonyl (C=O) groups excluding carboxylic acids is 2. The lowest BCUT2D eigenvalue weighted by Gasteiger charge is -2.29. The van der Waals surface area contributed by atoms with Crippen molar-refractivity contribution in [1.82, 2.24) is 15.3 Å². The van der Waals surface area contributed by atoms with Gasteiger partial charge in [0.1, 0.15) is 5.56 Å². The van der Waals surface area contributed by atoms with Crippen LogP contribution in [0.1, 0.15) is 65.8 Å². The molecular weight excluding hydrogens is 410 g/mol. The molecule has 0 unspecified atom stereocenters. The highest BCUT2D eigenvalue weighted by molar-refractivity contribution is 5.99. The van der Waals surface area contributed by atoms with E-state index in [4.69, 9.17) is 11.5 Å². The number of aromatic nitrogens is 2. The molecule has 10 heteroatoms. The van der Waals surface area contributed by atoms with Gasteiger partial charge in [0.25, 0.3) is 17.4 Å². The monoisotopic (exact) mass is 441 g/mol. The molecular formula is C22H31N7O3. The van der Waals surface area contributed by atoms with Crippen molar-refractivity contribution in [3.05, 3.63) is 45.2 Å². The van der Waals surface area contributed by atoms with Gasteiger partial charge in [-0.2, -0.15) is 4.98 Å². The molecule has 1 aromatic carbocycles. The van der Waals surface area contributed by atoms with E-state index in [0.29, 0.717) is 11.3 Å². The smallest absolute Gasteiger partial charge is 0.267 e. The molecule has 1 aliphatic rings. The van der Waals surface area contributed by atoms with E-state index in [1.54, 1.807) is 18.2 Å². The Balaban J connectivity index is 1.95. The van der Waals surface area contributed by atoms with Crippen LogP contribution < -0.4 is 33.0 Å². The maximum absolute atomic E-state index is 12.6.